The van der Waals surface area contributed by atoms with Crippen LogP contribution in [0.3, 0.4) is 0 Å². The standard InChI is InChI=1S/C8H18N2O3S/c1-8(11)4-3-6-10(7-5-8)14(12,13)9-2/h9,11H,3-7H2,1-2H3. The van der Waals surface area contributed by atoms with Gasteiger partial charge in [0.1, 0.15) is 0 Å². The Hall–Kier alpha value is -0.170. The minimum absolute atomic E-state index is 0.385. The summed E-state index contributed by atoms with van der Waals surface area (Å²) in [5.74, 6) is 0. The summed E-state index contributed by atoms with van der Waals surface area (Å²) >= 11 is 0. The van der Waals surface area contributed by atoms with Crippen molar-refractivity contribution in [3.63, 3.8) is 0 Å². The quantitative estimate of drug-likeness (QED) is 0.673. The highest BCUT2D eigenvalue weighted by molar-refractivity contribution is 7.87. The van der Waals surface area contributed by atoms with Crippen LogP contribution in [0.25, 0.3) is 0 Å². The Morgan fingerprint density at radius 2 is 2.00 bits per heavy atom. The molecule has 0 aromatic rings. The Kier molecular flexibility index (Phi) is 3.52. The minimum Gasteiger partial charge on any atom is -0.390 e. The molecule has 0 amide bonds. The highest BCUT2D eigenvalue weighted by Gasteiger charge is 2.29. The molecule has 1 unspecified atom stereocenters. The molecule has 1 rings (SSSR count). The van der Waals surface area contributed by atoms with Gasteiger partial charge >= 0.3 is 0 Å². The van der Waals surface area contributed by atoms with E-state index in [0.29, 0.717) is 32.4 Å². The van der Waals surface area contributed by atoms with E-state index < -0.39 is 15.8 Å². The maximum Gasteiger partial charge on any atom is 0.279 e. The van der Waals surface area contributed by atoms with Crippen LogP contribution in [0.2, 0.25) is 0 Å². The Bertz CT molecular complexity index is 287. The van der Waals surface area contributed by atoms with Crippen LogP contribution in [0.1, 0.15) is 26.2 Å². The number of rotatable bonds is 2. The number of nitrogens with one attached hydrogen (secondary N) is 1. The molecule has 0 spiro atoms. The summed E-state index contributed by atoms with van der Waals surface area (Å²) in [4.78, 5) is 0. The molecule has 1 aliphatic heterocycles. The largest absolute Gasteiger partial charge is 0.390 e. The molecule has 5 nitrogen and oxygen atoms in total. The minimum atomic E-state index is -3.32. The molecule has 1 atom stereocenters. The third-order valence-electron chi connectivity index (χ3n) is 2.62. The zero-order chi connectivity index (χ0) is 10.8. The predicted octanol–water partition coefficient (Wildman–Crippen LogP) is -0.313. The average molecular weight is 222 g/mol. The molecule has 6 heteroatoms. The van der Waals surface area contributed by atoms with Gasteiger partial charge in [-0.25, -0.2) is 4.72 Å². The first-order valence-electron chi connectivity index (χ1n) is 4.78. The van der Waals surface area contributed by atoms with Gasteiger partial charge in [-0.3, -0.25) is 0 Å². The molecule has 2 N–H and O–H groups in total. The second-order valence-corrected chi connectivity index (χ2v) is 5.83. The summed E-state index contributed by atoms with van der Waals surface area (Å²) in [7, 11) is -1.92. The molecule has 1 saturated heterocycles. The molecule has 0 bridgehead atoms. The Labute approximate surface area is 85.3 Å². The molecule has 1 aliphatic rings. The summed E-state index contributed by atoms with van der Waals surface area (Å²) < 4.78 is 26.6. The van der Waals surface area contributed by atoms with Crippen LogP contribution in [-0.4, -0.2) is 43.6 Å². The van der Waals surface area contributed by atoms with Crippen molar-refractivity contribution in [2.24, 2.45) is 0 Å². The first-order chi connectivity index (χ1) is 6.37. The number of aliphatic hydroxyl groups is 1. The van der Waals surface area contributed by atoms with Crippen molar-refractivity contribution >= 4 is 10.2 Å². The Morgan fingerprint density at radius 1 is 1.36 bits per heavy atom. The van der Waals surface area contributed by atoms with E-state index in [1.807, 2.05) is 0 Å². The lowest BCUT2D eigenvalue weighted by atomic mass is 9.98. The van der Waals surface area contributed by atoms with Gasteiger partial charge in [0.2, 0.25) is 0 Å². The third kappa shape index (κ3) is 2.91. The van der Waals surface area contributed by atoms with E-state index in [4.69, 9.17) is 0 Å². The summed E-state index contributed by atoms with van der Waals surface area (Å²) in [5, 5.41) is 9.77. The van der Waals surface area contributed by atoms with E-state index in [-0.39, 0.29) is 0 Å². The molecule has 14 heavy (non-hydrogen) atoms. The highest BCUT2D eigenvalue weighted by atomic mass is 32.2. The molecule has 1 heterocycles. The predicted molar refractivity (Wildman–Crippen MR) is 54.0 cm³/mol. The van der Waals surface area contributed by atoms with Crippen molar-refractivity contribution in [3.8, 4) is 0 Å². The molecular formula is C8H18N2O3S. The summed E-state index contributed by atoms with van der Waals surface area (Å²) in [6.07, 6.45) is 1.85. The van der Waals surface area contributed by atoms with Crippen molar-refractivity contribution in [2.75, 3.05) is 20.1 Å². The van der Waals surface area contributed by atoms with E-state index in [1.54, 1.807) is 6.92 Å². The zero-order valence-corrected chi connectivity index (χ0v) is 9.47. The second kappa shape index (κ2) is 4.14. The van der Waals surface area contributed by atoms with Crippen LogP contribution < -0.4 is 4.72 Å². The van der Waals surface area contributed by atoms with Crippen LogP contribution in [0.15, 0.2) is 0 Å². The van der Waals surface area contributed by atoms with Gasteiger partial charge in [0.25, 0.3) is 10.2 Å². The highest BCUT2D eigenvalue weighted by Crippen LogP contribution is 2.22. The summed E-state index contributed by atoms with van der Waals surface area (Å²) in [5.41, 5.74) is -0.724. The fourth-order valence-electron chi connectivity index (χ4n) is 1.61. The lowest BCUT2D eigenvalue weighted by Crippen LogP contribution is -2.40. The van der Waals surface area contributed by atoms with Crippen LogP contribution in [0, 0.1) is 0 Å². The second-order valence-electron chi connectivity index (χ2n) is 3.96. The van der Waals surface area contributed by atoms with Crippen LogP contribution in [0.5, 0.6) is 0 Å². The van der Waals surface area contributed by atoms with Crippen LogP contribution in [0.4, 0.5) is 0 Å². The van der Waals surface area contributed by atoms with Crippen LogP contribution >= 0.6 is 0 Å². The number of nitrogens with zero attached hydrogens (tertiary/aromatic N) is 1. The molecule has 84 valence electrons. The molecule has 1 fully saturated rings. The smallest absolute Gasteiger partial charge is 0.279 e. The van der Waals surface area contributed by atoms with E-state index in [1.165, 1.54) is 11.4 Å². The number of hydrogen-bond donors (Lipinski definition) is 2. The maximum absolute atomic E-state index is 11.5. The maximum atomic E-state index is 11.5. The Balaban J connectivity index is 2.68. The zero-order valence-electron chi connectivity index (χ0n) is 8.65. The molecule has 0 aromatic heterocycles. The molecule has 0 aliphatic carbocycles. The van der Waals surface area contributed by atoms with Gasteiger partial charge in [0.15, 0.2) is 0 Å². The molecular weight excluding hydrogens is 204 g/mol. The van der Waals surface area contributed by atoms with E-state index >= 15 is 0 Å². The molecule has 0 radical (unpaired) electrons. The summed E-state index contributed by atoms with van der Waals surface area (Å²) in [6.45, 7) is 2.62. The van der Waals surface area contributed by atoms with Gasteiger partial charge in [-0.15, -0.1) is 0 Å². The normalized spacial score (nSPS) is 31.4. The lowest BCUT2D eigenvalue weighted by molar-refractivity contribution is 0.0465. The van der Waals surface area contributed by atoms with Gasteiger partial charge in [-0.05, 0) is 26.2 Å². The van der Waals surface area contributed by atoms with Gasteiger partial charge in [0.05, 0.1) is 5.60 Å². The van der Waals surface area contributed by atoms with Crippen molar-refractivity contribution in [1.82, 2.24) is 9.03 Å². The first-order valence-corrected chi connectivity index (χ1v) is 6.22. The van der Waals surface area contributed by atoms with Crippen molar-refractivity contribution in [2.45, 2.75) is 31.8 Å². The fraction of sp³-hybridized carbons (Fsp3) is 1.00. The topological polar surface area (TPSA) is 69.6 Å². The van der Waals surface area contributed by atoms with Gasteiger partial charge in [-0.1, -0.05) is 0 Å². The SMILES string of the molecule is CNS(=O)(=O)N1CCCC(C)(O)CC1. The van der Waals surface area contributed by atoms with Gasteiger partial charge < -0.3 is 5.11 Å². The summed E-state index contributed by atoms with van der Waals surface area (Å²) in [6, 6.07) is 0. The first kappa shape index (κ1) is 11.9. The molecule has 0 saturated carbocycles. The van der Waals surface area contributed by atoms with Crippen molar-refractivity contribution < 1.29 is 13.5 Å². The van der Waals surface area contributed by atoms with Crippen LogP contribution in [-0.2, 0) is 10.2 Å². The average Bonchev–Trinajstić information content (AvgIpc) is 2.26. The Morgan fingerprint density at radius 3 is 2.57 bits per heavy atom. The monoisotopic (exact) mass is 222 g/mol. The van der Waals surface area contributed by atoms with Gasteiger partial charge in [-0.2, -0.15) is 12.7 Å². The van der Waals surface area contributed by atoms with E-state index in [9.17, 15) is 13.5 Å². The third-order valence-corrected chi connectivity index (χ3v) is 4.18. The fourth-order valence-corrected chi connectivity index (χ4v) is 2.57. The molecule has 0 aromatic carbocycles. The van der Waals surface area contributed by atoms with Gasteiger partial charge in [0, 0.05) is 20.1 Å². The van der Waals surface area contributed by atoms with E-state index in [2.05, 4.69) is 4.72 Å². The van der Waals surface area contributed by atoms with Crippen molar-refractivity contribution in [3.05, 3.63) is 0 Å². The lowest BCUT2D eigenvalue weighted by Gasteiger charge is -2.21. The number of hydrogen-bond acceptors (Lipinski definition) is 3. The van der Waals surface area contributed by atoms with Crippen molar-refractivity contribution in [1.29, 1.82) is 0 Å². The van der Waals surface area contributed by atoms with E-state index in [0.717, 1.165) is 0 Å².